The van der Waals surface area contributed by atoms with Crippen LogP contribution in [0.25, 0.3) is 0 Å². The molecule has 0 atom stereocenters. The predicted octanol–water partition coefficient (Wildman–Crippen LogP) is 1.24. The van der Waals surface area contributed by atoms with Gasteiger partial charge in [-0.05, 0) is 17.7 Å². The fraction of sp³-hybridized carbons (Fsp3) is 0.333. The maximum absolute atomic E-state index is 12.7. The minimum atomic E-state index is -0.412. The SMILES string of the molecule is NC1(c2ccc(F)cc2Cl)CNC1. The molecule has 2 rings (SSSR count). The lowest BCUT2D eigenvalue weighted by molar-refractivity contribution is 0.287. The van der Waals surface area contributed by atoms with Gasteiger partial charge in [0.25, 0.3) is 0 Å². The summed E-state index contributed by atoms with van der Waals surface area (Å²) in [5, 5.41) is 3.47. The van der Waals surface area contributed by atoms with Gasteiger partial charge in [0.2, 0.25) is 0 Å². The lowest BCUT2D eigenvalue weighted by Gasteiger charge is -2.40. The Labute approximate surface area is 80.9 Å². The molecule has 1 saturated heterocycles. The van der Waals surface area contributed by atoms with Gasteiger partial charge in [-0.25, -0.2) is 4.39 Å². The third-order valence-electron chi connectivity index (χ3n) is 2.35. The normalized spacial score (nSPS) is 19.6. The molecule has 0 saturated carbocycles. The molecule has 4 heteroatoms. The van der Waals surface area contributed by atoms with Crippen LogP contribution in [0, 0.1) is 5.82 Å². The van der Waals surface area contributed by atoms with Gasteiger partial charge in [-0.2, -0.15) is 0 Å². The van der Waals surface area contributed by atoms with E-state index in [-0.39, 0.29) is 5.82 Å². The van der Waals surface area contributed by atoms with Gasteiger partial charge in [0.15, 0.2) is 0 Å². The molecule has 1 aromatic rings. The summed E-state index contributed by atoms with van der Waals surface area (Å²) in [6.07, 6.45) is 0. The highest BCUT2D eigenvalue weighted by molar-refractivity contribution is 6.31. The van der Waals surface area contributed by atoms with Crippen molar-refractivity contribution in [2.75, 3.05) is 13.1 Å². The second kappa shape index (κ2) is 2.94. The minimum absolute atomic E-state index is 0.329. The average Bonchev–Trinajstić information content (AvgIpc) is 2.00. The molecule has 0 unspecified atom stereocenters. The summed E-state index contributed by atoms with van der Waals surface area (Å²) in [4.78, 5) is 0. The molecule has 0 bridgehead atoms. The second-order valence-electron chi connectivity index (χ2n) is 3.38. The molecule has 2 nitrogen and oxygen atoms in total. The molecule has 1 aromatic carbocycles. The first-order valence-corrected chi connectivity index (χ1v) is 4.45. The topological polar surface area (TPSA) is 38.0 Å². The van der Waals surface area contributed by atoms with Gasteiger partial charge < -0.3 is 11.1 Å². The quantitative estimate of drug-likeness (QED) is 0.716. The third-order valence-corrected chi connectivity index (χ3v) is 2.66. The van der Waals surface area contributed by atoms with Crippen LogP contribution in [0.5, 0.6) is 0 Å². The Bertz CT molecular complexity index is 336. The molecule has 3 N–H and O–H groups in total. The first kappa shape index (κ1) is 8.94. The molecular formula is C9H10ClFN2. The Hall–Kier alpha value is -0.640. The largest absolute Gasteiger partial charge is 0.319 e. The molecule has 1 fully saturated rings. The van der Waals surface area contributed by atoms with Crippen LogP contribution in [-0.2, 0) is 5.54 Å². The van der Waals surface area contributed by atoms with E-state index in [9.17, 15) is 4.39 Å². The van der Waals surface area contributed by atoms with Crippen LogP contribution < -0.4 is 11.1 Å². The van der Waals surface area contributed by atoms with Gasteiger partial charge >= 0.3 is 0 Å². The monoisotopic (exact) mass is 200 g/mol. The molecule has 1 aliphatic heterocycles. The fourth-order valence-corrected chi connectivity index (χ4v) is 1.83. The highest BCUT2D eigenvalue weighted by Crippen LogP contribution is 2.29. The maximum Gasteiger partial charge on any atom is 0.124 e. The first-order chi connectivity index (χ1) is 6.12. The summed E-state index contributed by atoms with van der Waals surface area (Å²) in [6.45, 7) is 1.39. The molecule has 0 amide bonds. The molecule has 0 aromatic heterocycles. The van der Waals surface area contributed by atoms with E-state index in [2.05, 4.69) is 5.32 Å². The Morgan fingerprint density at radius 2 is 2.15 bits per heavy atom. The lowest BCUT2D eigenvalue weighted by Crippen LogP contribution is -2.62. The Kier molecular flexibility index (Phi) is 2.02. The molecule has 13 heavy (non-hydrogen) atoms. The summed E-state index contributed by atoms with van der Waals surface area (Å²) >= 11 is 5.88. The van der Waals surface area contributed by atoms with Crippen molar-refractivity contribution in [3.8, 4) is 0 Å². The number of benzene rings is 1. The molecule has 1 heterocycles. The highest BCUT2D eigenvalue weighted by atomic mass is 35.5. The molecule has 0 radical (unpaired) electrons. The van der Waals surface area contributed by atoms with Crippen molar-refractivity contribution in [3.63, 3.8) is 0 Å². The van der Waals surface area contributed by atoms with Crippen molar-refractivity contribution in [1.82, 2.24) is 5.32 Å². The molecule has 0 aliphatic carbocycles. The average molecular weight is 201 g/mol. The van der Waals surface area contributed by atoms with Crippen molar-refractivity contribution in [1.29, 1.82) is 0 Å². The first-order valence-electron chi connectivity index (χ1n) is 4.07. The number of hydrogen-bond acceptors (Lipinski definition) is 2. The third kappa shape index (κ3) is 1.43. The molecule has 70 valence electrons. The zero-order chi connectivity index (χ0) is 9.47. The Balaban J connectivity index is 2.40. The standard InChI is InChI=1S/C9H10ClFN2/c10-8-3-6(11)1-2-7(8)9(12)4-13-5-9/h1-3,13H,4-5,12H2. The van der Waals surface area contributed by atoms with Crippen molar-refractivity contribution < 1.29 is 4.39 Å². The summed E-state index contributed by atoms with van der Waals surface area (Å²) in [7, 11) is 0. The van der Waals surface area contributed by atoms with E-state index in [0.29, 0.717) is 18.1 Å². The van der Waals surface area contributed by atoms with E-state index in [1.165, 1.54) is 12.1 Å². The number of rotatable bonds is 1. The Morgan fingerprint density at radius 1 is 1.46 bits per heavy atom. The van der Waals surface area contributed by atoms with Crippen LogP contribution in [0.2, 0.25) is 5.02 Å². The zero-order valence-electron chi connectivity index (χ0n) is 6.98. The van der Waals surface area contributed by atoms with E-state index in [4.69, 9.17) is 17.3 Å². The fourth-order valence-electron chi connectivity index (χ4n) is 1.48. The zero-order valence-corrected chi connectivity index (χ0v) is 7.74. The number of nitrogens with two attached hydrogens (primary N) is 1. The molecule has 0 spiro atoms. The number of halogens is 2. The van der Waals surface area contributed by atoms with Gasteiger partial charge in [-0.15, -0.1) is 0 Å². The van der Waals surface area contributed by atoms with Gasteiger partial charge in [0.1, 0.15) is 5.82 Å². The van der Waals surface area contributed by atoms with Crippen LogP contribution in [0.4, 0.5) is 4.39 Å². The van der Waals surface area contributed by atoms with E-state index < -0.39 is 5.54 Å². The summed E-state index contributed by atoms with van der Waals surface area (Å²) in [5.74, 6) is -0.329. The van der Waals surface area contributed by atoms with Gasteiger partial charge in [0.05, 0.1) is 5.54 Å². The van der Waals surface area contributed by atoms with E-state index in [1.807, 2.05) is 0 Å². The van der Waals surface area contributed by atoms with Crippen LogP contribution in [0.15, 0.2) is 18.2 Å². The highest BCUT2D eigenvalue weighted by Gasteiger charge is 2.35. The van der Waals surface area contributed by atoms with Crippen molar-refractivity contribution in [3.05, 3.63) is 34.6 Å². The Morgan fingerprint density at radius 3 is 2.62 bits per heavy atom. The minimum Gasteiger partial charge on any atom is -0.319 e. The number of hydrogen-bond donors (Lipinski definition) is 2. The van der Waals surface area contributed by atoms with Crippen LogP contribution in [0.1, 0.15) is 5.56 Å². The summed E-state index contributed by atoms with van der Waals surface area (Å²) in [5.41, 5.74) is 6.41. The molecule has 1 aliphatic rings. The maximum atomic E-state index is 12.7. The van der Waals surface area contributed by atoms with Gasteiger partial charge in [-0.3, -0.25) is 0 Å². The molecular weight excluding hydrogens is 191 g/mol. The predicted molar refractivity (Wildman–Crippen MR) is 50.1 cm³/mol. The summed E-state index contributed by atoms with van der Waals surface area (Å²) < 4.78 is 12.7. The second-order valence-corrected chi connectivity index (χ2v) is 3.79. The van der Waals surface area contributed by atoms with E-state index in [0.717, 1.165) is 5.56 Å². The van der Waals surface area contributed by atoms with Crippen LogP contribution in [0.3, 0.4) is 0 Å². The van der Waals surface area contributed by atoms with E-state index >= 15 is 0 Å². The van der Waals surface area contributed by atoms with Gasteiger partial charge in [-0.1, -0.05) is 17.7 Å². The van der Waals surface area contributed by atoms with Crippen LogP contribution in [-0.4, -0.2) is 13.1 Å². The van der Waals surface area contributed by atoms with Crippen molar-refractivity contribution in [2.24, 2.45) is 5.73 Å². The van der Waals surface area contributed by atoms with Crippen molar-refractivity contribution >= 4 is 11.6 Å². The van der Waals surface area contributed by atoms with Gasteiger partial charge in [0, 0.05) is 18.1 Å². The lowest BCUT2D eigenvalue weighted by atomic mass is 9.85. The smallest absolute Gasteiger partial charge is 0.124 e. The summed E-state index contributed by atoms with van der Waals surface area (Å²) in [6, 6.07) is 4.33. The van der Waals surface area contributed by atoms with E-state index in [1.54, 1.807) is 6.07 Å². The van der Waals surface area contributed by atoms with Crippen molar-refractivity contribution in [2.45, 2.75) is 5.54 Å². The van der Waals surface area contributed by atoms with Crippen LogP contribution >= 0.6 is 11.6 Å². The number of nitrogens with one attached hydrogen (secondary N) is 1.